The van der Waals surface area contributed by atoms with Crippen molar-refractivity contribution < 1.29 is 5.11 Å². The molecular formula is C6H14N2O. The number of aliphatic hydroxyl groups is 1. The summed E-state index contributed by atoms with van der Waals surface area (Å²) >= 11 is 0. The van der Waals surface area contributed by atoms with Crippen LogP contribution in [0.2, 0.25) is 0 Å². The molecule has 0 fully saturated rings. The number of hydrogen-bond acceptors (Lipinski definition) is 2. The molecular weight excluding hydrogens is 116 g/mol. The topological polar surface area (TPSA) is 45.8 Å². The number of aliphatic hydroxyl groups excluding tert-OH is 1. The minimum absolute atomic E-state index is 0.179. The molecule has 3 nitrogen and oxygen atoms in total. The van der Waals surface area contributed by atoms with E-state index in [4.69, 9.17) is 10.8 Å². The third-order valence-corrected chi connectivity index (χ3v) is 1.40. The fourth-order valence-electron chi connectivity index (χ4n) is 0.761. The first-order valence-corrected chi connectivity index (χ1v) is 3.29. The summed E-state index contributed by atoms with van der Waals surface area (Å²) in [6.07, 6.45) is -0.681. The number of likely N-dealkylation sites (N-methyl/N-ethyl adjacent to an activating group) is 1. The Balaban J connectivity index is 3.50. The minimum atomic E-state index is -0.681. The van der Waals surface area contributed by atoms with Crippen molar-refractivity contribution in [2.75, 3.05) is 19.6 Å². The zero-order valence-electron chi connectivity index (χ0n) is 6.04. The summed E-state index contributed by atoms with van der Waals surface area (Å²) in [5, 5.41) is 8.99. The average Bonchev–Trinajstić information content (AvgIpc) is 1.90. The zero-order chi connectivity index (χ0) is 7.28. The van der Waals surface area contributed by atoms with Crippen molar-refractivity contribution in [3.8, 4) is 0 Å². The summed E-state index contributed by atoms with van der Waals surface area (Å²) in [5.74, 6) is 0. The van der Waals surface area contributed by atoms with E-state index in [0.29, 0.717) is 0 Å². The van der Waals surface area contributed by atoms with Gasteiger partial charge in [0, 0.05) is 0 Å². The summed E-state index contributed by atoms with van der Waals surface area (Å²) in [6.45, 7) is 5.27. The standard InChI is InChI=1S/C6H14N2O/c1-3-8(4-2)6(9)5-7/h6,9H,3-5H2,1-2H3. The van der Waals surface area contributed by atoms with Crippen molar-refractivity contribution in [3.63, 3.8) is 0 Å². The number of hydrogen-bond donors (Lipinski definition) is 1. The van der Waals surface area contributed by atoms with Gasteiger partial charge in [-0.2, -0.15) is 0 Å². The summed E-state index contributed by atoms with van der Waals surface area (Å²) < 4.78 is 0. The van der Waals surface area contributed by atoms with Gasteiger partial charge in [0.2, 0.25) is 0 Å². The molecule has 0 saturated heterocycles. The van der Waals surface area contributed by atoms with Crippen LogP contribution < -0.4 is 5.73 Å². The Morgan fingerprint density at radius 2 is 1.89 bits per heavy atom. The van der Waals surface area contributed by atoms with Crippen molar-refractivity contribution in [3.05, 3.63) is 0 Å². The van der Waals surface area contributed by atoms with Gasteiger partial charge < -0.3 is 5.11 Å². The van der Waals surface area contributed by atoms with Crippen LogP contribution in [0.5, 0.6) is 0 Å². The highest BCUT2D eigenvalue weighted by Gasteiger charge is 2.08. The Bertz CT molecular complexity index is 64.1. The van der Waals surface area contributed by atoms with Crippen LogP contribution in [0.4, 0.5) is 0 Å². The van der Waals surface area contributed by atoms with Crippen LogP contribution >= 0.6 is 0 Å². The molecule has 54 valence electrons. The molecule has 2 radical (unpaired) electrons. The van der Waals surface area contributed by atoms with Crippen molar-refractivity contribution in [1.82, 2.24) is 10.6 Å². The monoisotopic (exact) mass is 130 g/mol. The molecule has 3 heteroatoms. The predicted octanol–water partition coefficient (Wildman–Crippen LogP) is -0.285. The normalized spacial score (nSPS) is 14.3. The lowest BCUT2D eigenvalue weighted by molar-refractivity contribution is 0.0172. The number of nitrogens with zero attached hydrogens (tertiary/aromatic N) is 2. The Hall–Kier alpha value is -0.120. The molecule has 0 rings (SSSR count). The highest BCUT2D eigenvalue weighted by molar-refractivity contribution is 4.56. The van der Waals surface area contributed by atoms with Crippen LogP contribution in [0.25, 0.3) is 0 Å². The highest BCUT2D eigenvalue weighted by Crippen LogP contribution is 1.91. The zero-order valence-corrected chi connectivity index (χ0v) is 6.04. The van der Waals surface area contributed by atoms with Gasteiger partial charge in [-0.05, 0) is 13.1 Å². The number of rotatable bonds is 4. The van der Waals surface area contributed by atoms with Gasteiger partial charge in [0.25, 0.3) is 0 Å². The molecule has 1 atom stereocenters. The molecule has 1 unspecified atom stereocenters. The van der Waals surface area contributed by atoms with E-state index in [-0.39, 0.29) is 6.54 Å². The van der Waals surface area contributed by atoms with E-state index in [0.717, 1.165) is 13.1 Å². The molecule has 0 amide bonds. The highest BCUT2D eigenvalue weighted by atomic mass is 16.3. The van der Waals surface area contributed by atoms with Gasteiger partial charge in [-0.25, -0.2) is 0 Å². The summed E-state index contributed by atoms with van der Waals surface area (Å²) in [4.78, 5) is 1.78. The SMILES string of the molecule is CCN(CC)C(O)C[N]. The van der Waals surface area contributed by atoms with E-state index in [2.05, 4.69) is 0 Å². The third-order valence-electron chi connectivity index (χ3n) is 1.40. The maximum absolute atomic E-state index is 8.99. The smallest absolute Gasteiger partial charge is 0.123 e. The van der Waals surface area contributed by atoms with Crippen LogP contribution in [0.1, 0.15) is 13.8 Å². The van der Waals surface area contributed by atoms with Gasteiger partial charge in [0.05, 0.1) is 6.54 Å². The first-order chi connectivity index (χ1) is 4.26. The van der Waals surface area contributed by atoms with E-state index < -0.39 is 6.23 Å². The lowest BCUT2D eigenvalue weighted by Crippen LogP contribution is -2.37. The molecule has 0 aliphatic heterocycles. The maximum atomic E-state index is 8.99. The largest absolute Gasteiger partial charge is 0.377 e. The van der Waals surface area contributed by atoms with Crippen molar-refractivity contribution >= 4 is 0 Å². The molecule has 0 heterocycles. The van der Waals surface area contributed by atoms with Crippen LogP contribution in [-0.2, 0) is 0 Å². The Morgan fingerprint density at radius 3 is 2.00 bits per heavy atom. The second-order valence-electron chi connectivity index (χ2n) is 1.88. The first-order valence-electron chi connectivity index (χ1n) is 3.29. The lowest BCUT2D eigenvalue weighted by atomic mass is 10.4. The molecule has 0 aromatic carbocycles. The van der Waals surface area contributed by atoms with Crippen LogP contribution in [0, 0.1) is 0 Å². The lowest BCUT2D eigenvalue weighted by Gasteiger charge is -2.22. The van der Waals surface area contributed by atoms with Gasteiger partial charge in [0.15, 0.2) is 0 Å². The van der Waals surface area contributed by atoms with Gasteiger partial charge in [-0.15, -0.1) is 5.73 Å². The van der Waals surface area contributed by atoms with E-state index >= 15 is 0 Å². The summed E-state index contributed by atoms with van der Waals surface area (Å²) in [6, 6.07) is 0. The second-order valence-corrected chi connectivity index (χ2v) is 1.88. The Labute approximate surface area is 56.5 Å². The van der Waals surface area contributed by atoms with Crippen LogP contribution in [0.15, 0.2) is 0 Å². The fourth-order valence-corrected chi connectivity index (χ4v) is 0.761. The van der Waals surface area contributed by atoms with Crippen molar-refractivity contribution in [2.24, 2.45) is 0 Å². The molecule has 0 spiro atoms. The van der Waals surface area contributed by atoms with E-state index in [1.54, 1.807) is 4.90 Å². The van der Waals surface area contributed by atoms with Crippen molar-refractivity contribution in [2.45, 2.75) is 20.1 Å². The Kier molecular flexibility index (Phi) is 4.67. The molecule has 0 aromatic rings. The van der Waals surface area contributed by atoms with Gasteiger partial charge >= 0.3 is 0 Å². The molecule has 0 saturated carbocycles. The first kappa shape index (κ1) is 8.88. The van der Waals surface area contributed by atoms with Gasteiger partial charge in [-0.3, -0.25) is 4.90 Å². The maximum Gasteiger partial charge on any atom is 0.123 e. The van der Waals surface area contributed by atoms with Crippen molar-refractivity contribution in [1.29, 1.82) is 0 Å². The molecule has 0 aliphatic rings. The van der Waals surface area contributed by atoms with Crippen LogP contribution in [0.3, 0.4) is 0 Å². The predicted molar refractivity (Wildman–Crippen MR) is 35.9 cm³/mol. The van der Waals surface area contributed by atoms with Crippen LogP contribution in [-0.4, -0.2) is 35.9 Å². The van der Waals surface area contributed by atoms with Gasteiger partial charge in [-0.1, -0.05) is 13.8 Å². The van der Waals surface area contributed by atoms with E-state index in [1.807, 2.05) is 13.8 Å². The second kappa shape index (κ2) is 4.73. The minimum Gasteiger partial charge on any atom is -0.377 e. The Morgan fingerprint density at radius 1 is 1.44 bits per heavy atom. The fraction of sp³-hybridized carbons (Fsp3) is 1.00. The average molecular weight is 130 g/mol. The quantitative estimate of drug-likeness (QED) is 0.532. The summed E-state index contributed by atoms with van der Waals surface area (Å²) in [5.41, 5.74) is 8.48. The van der Waals surface area contributed by atoms with Gasteiger partial charge in [0.1, 0.15) is 6.23 Å². The van der Waals surface area contributed by atoms with E-state index in [1.165, 1.54) is 0 Å². The molecule has 9 heavy (non-hydrogen) atoms. The van der Waals surface area contributed by atoms with E-state index in [9.17, 15) is 0 Å². The third kappa shape index (κ3) is 2.79. The molecule has 0 aliphatic carbocycles. The summed E-state index contributed by atoms with van der Waals surface area (Å²) in [7, 11) is 0. The molecule has 0 bridgehead atoms. The molecule has 1 N–H and O–H groups in total. The molecule has 0 aromatic heterocycles.